The van der Waals surface area contributed by atoms with Crippen molar-refractivity contribution < 1.29 is 4.79 Å². The maximum absolute atomic E-state index is 11.7. The fourth-order valence-corrected chi connectivity index (χ4v) is 1.53. The number of hydrogen-bond acceptors (Lipinski definition) is 2. The van der Waals surface area contributed by atoms with E-state index in [-0.39, 0.29) is 11.9 Å². The van der Waals surface area contributed by atoms with Crippen LogP contribution < -0.4 is 10.6 Å². The minimum absolute atomic E-state index is 0.0432. The molecule has 1 amide bonds. The molecule has 17 heavy (non-hydrogen) atoms. The van der Waals surface area contributed by atoms with E-state index in [0.29, 0.717) is 12.6 Å². The van der Waals surface area contributed by atoms with E-state index in [4.69, 9.17) is 0 Å². The quantitative estimate of drug-likeness (QED) is 0.792. The lowest BCUT2D eigenvalue weighted by molar-refractivity contribution is -0.121. The van der Waals surface area contributed by atoms with E-state index in [1.165, 1.54) is 0 Å². The molecule has 2 atom stereocenters. The van der Waals surface area contributed by atoms with Gasteiger partial charge in [0.2, 0.25) is 5.91 Å². The number of carbonyl (C=O) groups excluding carboxylic acids is 1. The molecule has 3 heteroatoms. The molecule has 94 valence electrons. The molecule has 1 rings (SSSR count). The van der Waals surface area contributed by atoms with Crippen LogP contribution in [0.1, 0.15) is 38.8 Å². The third kappa shape index (κ3) is 5.00. The summed E-state index contributed by atoms with van der Waals surface area (Å²) in [5.74, 6) is 0.0432. The van der Waals surface area contributed by atoms with Gasteiger partial charge in [0.15, 0.2) is 0 Å². The van der Waals surface area contributed by atoms with Crippen LogP contribution in [0.25, 0.3) is 0 Å². The molecule has 0 aromatic heterocycles. The molecule has 0 spiro atoms. The highest BCUT2D eigenvalue weighted by Crippen LogP contribution is 2.10. The molecule has 2 N–H and O–H groups in total. The van der Waals surface area contributed by atoms with Crippen molar-refractivity contribution in [2.24, 2.45) is 0 Å². The summed E-state index contributed by atoms with van der Waals surface area (Å²) >= 11 is 0. The zero-order chi connectivity index (χ0) is 12.7. The van der Waals surface area contributed by atoms with Crippen molar-refractivity contribution in [2.75, 3.05) is 6.54 Å². The highest BCUT2D eigenvalue weighted by molar-refractivity contribution is 5.78. The zero-order valence-corrected chi connectivity index (χ0v) is 10.9. The smallest absolute Gasteiger partial charge is 0.234 e. The third-order valence-corrected chi connectivity index (χ3v) is 2.90. The Balaban J connectivity index is 2.36. The number of hydrogen-bond donors (Lipinski definition) is 2. The van der Waals surface area contributed by atoms with Gasteiger partial charge in [-0.3, -0.25) is 4.79 Å². The van der Waals surface area contributed by atoms with E-state index >= 15 is 0 Å². The van der Waals surface area contributed by atoms with Gasteiger partial charge in [-0.2, -0.15) is 0 Å². The van der Waals surface area contributed by atoms with Crippen LogP contribution in [0.3, 0.4) is 0 Å². The van der Waals surface area contributed by atoms with Gasteiger partial charge in [-0.15, -0.1) is 0 Å². The first-order chi connectivity index (χ1) is 8.13. The maximum atomic E-state index is 11.7. The number of nitrogens with one attached hydrogen (secondary N) is 2. The van der Waals surface area contributed by atoms with Crippen molar-refractivity contribution in [1.82, 2.24) is 10.6 Å². The van der Waals surface area contributed by atoms with Crippen molar-refractivity contribution in [3.8, 4) is 0 Å². The summed E-state index contributed by atoms with van der Waals surface area (Å²) in [6.07, 6.45) is 1.03. The number of rotatable bonds is 6. The van der Waals surface area contributed by atoms with Crippen LogP contribution in [-0.4, -0.2) is 18.5 Å². The van der Waals surface area contributed by atoms with Gasteiger partial charge in [-0.05, 0) is 25.8 Å². The summed E-state index contributed by atoms with van der Waals surface area (Å²) in [7, 11) is 0. The molecule has 3 nitrogen and oxygen atoms in total. The Morgan fingerprint density at radius 2 is 1.88 bits per heavy atom. The molecule has 1 aromatic carbocycles. The lowest BCUT2D eigenvalue weighted by Gasteiger charge is -2.16. The summed E-state index contributed by atoms with van der Waals surface area (Å²) in [6.45, 7) is 6.55. The fourth-order valence-electron chi connectivity index (χ4n) is 1.53. The van der Waals surface area contributed by atoms with Crippen LogP contribution in [0.4, 0.5) is 0 Å². The van der Waals surface area contributed by atoms with Crippen LogP contribution in [0.15, 0.2) is 30.3 Å². The Hall–Kier alpha value is -1.35. The monoisotopic (exact) mass is 234 g/mol. The molecule has 1 aromatic rings. The van der Waals surface area contributed by atoms with E-state index < -0.39 is 0 Å². The van der Waals surface area contributed by atoms with Crippen LogP contribution in [0, 0.1) is 0 Å². The first kappa shape index (κ1) is 13.7. The second kappa shape index (κ2) is 7.07. The third-order valence-electron chi connectivity index (χ3n) is 2.90. The van der Waals surface area contributed by atoms with Crippen LogP contribution >= 0.6 is 0 Å². The van der Waals surface area contributed by atoms with Crippen molar-refractivity contribution in [1.29, 1.82) is 0 Å². The first-order valence-corrected chi connectivity index (χ1v) is 6.21. The Morgan fingerprint density at radius 3 is 2.47 bits per heavy atom. The molecule has 0 aliphatic heterocycles. The Labute approximate surface area is 104 Å². The Bertz CT molecular complexity index is 337. The summed E-state index contributed by atoms with van der Waals surface area (Å²) in [6, 6.07) is 10.4. The highest BCUT2D eigenvalue weighted by atomic mass is 16.1. The van der Waals surface area contributed by atoms with E-state index in [1.54, 1.807) is 0 Å². The molecule has 0 saturated heterocycles. The molecule has 0 bridgehead atoms. The SMILES string of the molecule is CCC(C)NCC(=O)N[C@H](C)c1ccccc1. The molecule has 0 aliphatic carbocycles. The number of amides is 1. The predicted molar refractivity (Wildman–Crippen MR) is 70.8 cm³/mol. The molecule has 1 unspecified atom stereocenters. The van der Waals surface area contributed by atoms with Gasteiger partial charge in [0.25, 0.3) is 0 Å². The van der Waals surface area contributed by atoms with E-state index in [2.05, 4.69) is 24.5 Å². The topological polar surface area (TPSA) is 41.1 Å². The number of carbonyl (C=O) groups is 1. The van der Waals surface area contributed by atoms with Gasteiger partial charge in [0.1, 0.15) is 0 Å². The van der Waals surface area contributed by atoms with Crippen LogP contribution in [0.2, 0.25) is 0 Å². The summed E-state index contributed by atoms with van der Waals surface area (Å²) in [5.41, 5.74) is 1.13. The van der Waals surface area contributed by atoms with Gasteiger partial charge < -0.3 is 10.6 Å². The molecule has 0 aliphatic rings. The zero-order valence-electron chi connectivity index (χ0n) is 10.9. The Morgan fingerprint density at radius 1 is 1.24 bits per heavy atom. The van der Waals surface area contributed by atoms with Gasteiger partial charge >= 0.3 is 0 Å². The van der Waals surface area contributed by atoms with Crippen molar-refractivity contribution in [3.63, 3.8) is 0 Å². The lowest BCUT2D eigenvalue weighted by atomic mass is 10.1. The predicted octanol–water partition coefficient (Wildman–Crippen LogP) is 2.25. The maximum Gasteiger partial charge on any atom is 0.234 e. The average molecular weight is 234 g/mol. The standard InChI is InChI=1S/C14H22N2O/c1-4-11(2)15-10-14(17)16-12(3)13-8-6-5-7-9-13/h5-9,11-12,15H,4,10H2,1-3H3,(H,16,17)/t11?,12-/m1/s1. The van der Waals surface area contributed by atoms with Crippen LogP contribution in [-0.2, 0) is 4.79 Å². The minimum Gasteiger partial charge on any atom is -0.348 e. The van der Waals surface area contributed by atoms with Crippen LogP contribution in [0.5, 0.6) is 0 Å². The average Bonchev–Trinajstić information content (AvgIpc) is 2.36. The second-order valence-corrected chi connectivity index (χ2v) is 4.39. The van der Waals surface area contributed by atoms with Crippen molar-refractivity contribution in [3.05, 3.63) is 35.9 Å². The van der Waals surface area contributed by atoms with Gasteiger partial charge in [0, 0.05) is 6.04 Å². The summed E-state index contributed by atoms with van der Waals surface area (Å²) in [5, 5.41) is 6.15. The molecule has 0 heterocycles. The highest BCUT2D eigenvalue weighted by Gasteiger charge is 2.09. The van der Waals surface area contributed by atoms with E-state index in [0.717, 1.165) is 12.0 Å². The molecular weight excluding hydrogens is 212 g/mol. The molecule has 0 fully saturated rings. The summed E-state index contributed by atoms with van der Waals surface area (Å²) < 4.78 is 0. The molecule has 0 saturated carbocycles. The Kier molecular flexibility index (Phi) is 5.70. The lowest BCUT2D eigenvalue weighted by Crippen LogP contribution is -2.38. The van der Waals surface area contributed by atoms with Gasteiger partial charge in [0.05, 0.1) is 12.6 Å². The van der Waals surface area contributed by atoms with E-state index in [1.807, 2.05) is 37.3 Å². The molecule has 0 radical (unpaired) electrons. The van der Waals surface area contributed by atoms with Gasteiger partial charge in [-0.1, -0.05) is 37.3 Å². The fraction of sp³-hybridized carbons (Fsp3) is 0.500. The largest absolute Gasteiger partial charge is 0.348 e. The van der Waals surface area contributed by atoms with Crippen molar-refractivity contribution >= 4 is 5.91 Å². The van der Waals surface area contributed by atoms with E-state index in [9.17, 15) is 4.79 Å². The number of benzene rings is 1. The van der Waals surface area contributed by atoms with Gasteiger partial charge in [-0.25, -0.2) is 0 Å². The first-order valence-electron chi connectivity index (χ1n) is 6.21. The normalized spacial score (nSPS) is 14.1. The minimum atomic E-state index is 0.0432. The summed E-state index contributed by atoms with van der Waals surface area (Å²) in [4.78, 5) is 11.7. The molecular formula is C14H22N2O. The van der Waals surface area contributed by atoms with Crippen molar-refractivity contribution in [2.45, 2.75) is 39.3 Å². The second-order valence-electron chi connectivity index (χ2n) is 4.39.